The van der Waals surface area contributed by atoms with Gasteiger partial charge in [0, 0.05) is 5.54 Å². The van der Waals surface area contributed by atoms with Gasteiger partial charge in [0.25, 0.3) is 0 Å². The van der Waals surface area contributed by atoms with Crippen LogP contribution in [-0.4, -0.2) is 36.6 Å². The van der Waals surface area contributed by atoms with Crippen molar-refractivity contribution in [3.05, 3.63) is 0 Å². The number of hydrogen-bond donors (Lipinski definition) is 1. The molecule has 0 amide bonds. The van der Waals surface area contributed by atoms with Crippen molar-refractivity contribution in [1.82, 2.24) is 10.2 Å². The molecule has 0 radical (unpaired) electrons. The first-order chi connectivity index (χ1) is 6.99. The van der Waals surface area contributed by atoms with E-state index in [1.165, 1.54) is 38.9 Å². The summed E-state index contributed by atoms with van der Waals surface area (Å²) in [5.41, 5.74) is 0.277. The van der Waals surface area contributed by atoms with Crippen LogP contribution in [0.3, 0.4) is 0 Å². The van der Waals surface area contributed by atoms with E-state index in [0.29, 0.717) is 0 Å². The highest BCUT2D eigenvalue weighted by molar-refractivity contribution is 4.69. The fourth-order valence-electron chi connectivity index (χ4n) is 1.64. The van der Waals surface area contributed by atoms with E-state index in [0.717, 1.165) is 6.54 Å². The van der Waals surface area contributed by atoms with Crippen LogP contribution < -0.4 is 5.32 Å². The van der Waals surface area contributed by atoms with Crippen LogP contribution in [0.4, 0.5) is 0 Å². The zero-order chi connectivity index (χ0) is 11.7. The standard InChI is InChI=1S/C13H30N2/c1-6-15(7-2)12-10-8-9-11-14-13(3,4)5/h14H,6-12H2,1-5H3. The molecule has 2 nitrogen and oxygen atoms in total. The Morgan fingerprint density at radius 2 is 1.53 bits per heavy atom. The van der Waals surface area contributed by atoms with Gasteiger partial charge in [0.15, 0.2) is 0 Å². The predicted molar refractivity (Wildman–Crippen MR) is 69.4 cm³/mol. The molecule has 0 unspecified atom stereocenters. The molecule has 0 aliphatic carbocycles. The maximum atomic E-state index is 3.52. The van der Waals surface area contributed by atoms with Gasteiger partial charge in [-0.05, 0) is 59.8 Å². The van der Waals surface area contributed by atoms with E-state index in [2.05, 4.69) is 44.8 Å². The van der Waals surface area contributed by atoms with Crippen molar-refractivity contribution in [2.24, 2.45) is 0 Å². The van der Waals surface area contributed by atoms with Crippen LogP contribution >= 0.6 is 0 Å². The van der Waals surface area contributed by atoms with Crippen LogP contribution in [0, 0.1) is 0 Å². The fraction of sp³-hybridized carbons (Fsp3) is 1.00. The van der Waals surface area contributed by atoms with Crippen LogP contribution in [0.2, 0.25) is 0 Å². The first-order valence-corrected chi connectivity index (χ1v) is 6.47. The van der Waals surface area contributed by atoms with Crippen LogP contribution in [0.5, 0.6) is 0 Å². The molecule has 2 heteroatoms. The number of nitrogens with one attached hydrogen (secondary N) is 1. The van der Waals surface area contributed by atoms with Gasteiger partial charge in [0.2, 0.25) is 0 Å². The molecule has 0 rings (SSSR count). The molecule has 0 aromatic heterocycles. The molecule has 0 saturated heterocycles. The monoisotopic (exact) mass is 214 g/mol. The second kappa shape index (κ2) is 8.12. The van der Waals surface area contributed by atoms with Crippen LogP contribution in [-0.2, 0) is 0 Å². The maximum Gasteiger partial charge on any atom is 0.00965 e. The van der Waals surface area contributed by atoms with Crippen molar-refractivity contribution in [3.8, 4) is 0 Å². The Balaban J connectivity index is 3.25. The van der Waals surface area contributed by atoms with Crippen molar-refractivity contribution in [1.29, 1.82) is 0 Å². The van der Waals surface area contributed by atoms with E-state index in [-0.39, 0.29) is 5.54 Å². The summed E-state index contributed by atoms with van der Waals surface area (Å²) in [5.74, 6) is 0. The Morgan fingerprint density at radius 1 is 0.933 bits per heavy atom. The van der Waals surface area contributed by atoms with E-state index < -0.39 is 0 Å². The summed E-state index contributed by atoms with van der Waals surface area (Å²) in [6.45, 7) is 16.0. The molecule has 0 fully saturated rings. The molecule has 92 valence electrons. The van der Waals surface area contributed by atoms with E-state index in [9.17, 15) is 0 Å². The smallest absolute Gasteiger partial charge is 0.00965 e. The summed E-state index contributed by atoms with van der Waals surface area (Å²) >= 11 is 0. The molecule has 1 N–H and O–H groups in total. The van der Waals surface area contributed by atoms with Crippen molar-refractivity contribution in [3.63, 3.8) is 0 Å². The van der Waals surface area contributed by atoms with Gasteiger partial charge in [-0.1, -0.05) is 20.3 Å². The average molecular weight is 214 g/mol. The lowest BCUT2D eigenvalue weighted by atomic mass is 10.1. The highest BCUT2D eigenvalue weighted by Crippen LogP contribution is 2.01. The minimum absolute atomic E-state index is 0.277. The largest absolute Gasteiger partial charge is 0.312 e. The van der Waals surface area contributed by atoms with Gasteiger partial charge in [-0.25, -0.2) is 0 Å². The Hall–Kier alpha value is -0.0800. The second-order valence-corrected chi connectivity index (χ2v) is 5.26. The van der Waals surface area contributed by atoms with E-state index >= 15 is 0 Å². The first-order valence-electron chi connectivity index (χ1n) is 6.47. The summed E-state index contributed by atoms with van der Waals surface area (Å²) in [7, 11) is 0. The van der Waals surface area contributed by atoms with Crippen LogP contribution in [0.25, 0.3) is 0 Å². The summed E-state index contributed by atoms with van der Waals surface area (Å²) in [5, 5.41) is 3.52. The van der Waals surface area contributed by atoms with Crippen molar-refractivity contribution in [2.75, 3.05) is 26.2 Å². The quantitative estimate of drug-likeness (QED) is 0.625. The molecule has 15 heavy (non-hydrogen) atoms. The lowest BCUT2D eigenvalue weighted by Crippen LogP contribution is -2.36. The number of nitrogens with zero attached hydrogens (tertiary/aromatic N) is 1. The molecule has 0 bridgehead atoms. The average Bonchev–Trinajstić information content (AvgIpc) is 2.15. The van der Waals surface area contributed by atoms with Gasteiger partial charge in [-0.2, -0.15) is 0 Å². The zero-order valence-electron chi connectivity index (χ0n) is 11.4. The number of rotatable bonds is 8. The summed E-state index contributed by atoms with van der Waals surface area (Å²) < 4.78 is 0. The summed E-state index contributed by atoms with van der Waals surface area (Å²) in [6, 6.07) is 0. The van der Waals surface area contributed by atoms with Gasteiger partial charge in [-0.3, -0.25) is 0 Å². The third kappa shape index (κ3) is 10.2. The Labute approximate surface area is 96.4 Å². The minimum atomic E-state index is 0.277. The molecule has 0 aromatic carbocycles. The molecule has 0 spiro atoms. The number of unbranched alkanes of at least 4 members (excludes halogenated alkanes) is 2. The highest BCUT2D eigenvalue weighted by Gasteiger charge is 2.06. The van der Waals surface area contributed by atoms with Gasteiger partial charge < -0.3 is 10.2 Å². The normalized spacial score (nSPS) is 12.4. The Morgan fingerprint density at radius 3 is 2.00 bits per heavy atom. The molecule has 0 saturated carbocycles. The Kier molecular flexibility index (Phi) is 8.07. The topological polar surface area (TPSA) is 15.3 Å². The molecule has 0 heterocycles. The van der Waals surface area contributed by atoms with Gasteiger partial charge >= 0.3 is 0 Å². The minimum Gasteiger partial charge on any atom is -0.312 e. The Bertz CT molecular complexity index is 134. The van der Waals surface area contributed by atoms with Crippen LogP contribution in [0.1, 0.15) is 53.9 Å². The first kappa shape index (κ1) is 14.9. The van der Waals surface area contributed by atoms with Crippen molar-refractivity contribution >= 4 is 0 Å². The second-order valence-electron chi connectivity index (χ2n) is 5.26. The molecule has 0 aliphatic rings. The molecule has 0 aromatic rings. The summed E-state index contributed by atoms with van der Waals surface area (Å²) in [4.78, 5) is 2.50. The van der Waals surface area contributed by atoms with E-state index in [4.69, 9.17) is 0 Å². The summed E-state index contributed by atoms with van der Waals surface area (Å²) in [6.07, 6.45) is 3.99. The maximum absolute atomic E-state index is 3.52. The predicted octanol–water partition coefficient (Wildman–Crippen LogP) is 2.89. The SMILES string of the molecule is CCN(CC)CCCCCNC(C)(C)C. The molecule has 0 aliphatic heterocycles. The molecular formula is C13H30N2. The lowest BCUT2D eigenvalue weighted by molar-refractivity contribution is 0.294. The van der Waals surface area contributed by atoms with Crippen molar-refractivity contribution in [2.45, 2.75) is 59.4 Å². The fourth-order valence-corrected chi connectivity index (χ4v) is 1.64. The van der Waals surface area contributed by atoms with E-state index in [1.807, 2.05) is 0 Å². The van der Waals surface area contributed by atoms with Gasteiger partial charge in [0.1, 0.15) is 0 Å². The molecule has 0 atom stereocenters. The third-order valence-electron chi connectivity index (χ3n) is 2.70. The van der Waals surface area contributed by atoms with Crippen molar-refractivity contribution < 1.29 is 0 Å². The molecular weight excluding hydrogens is 184 g/mol. The van der Waals surface area contributed by atoms with E-state index in [1.54, 1.807) is 0 Å². The van der Waals surface area contributed by atoms with Gasteiger partial charge in [-0.15, -0.1) is 0 Å². The highest BCUT2D eigenvalue weighted by atomic mass is 15.1. The zero-order valence-corrected chi connectivity index (χ0v) is 11.4. The third-order valence-corrected chi connectivity index (χ3v) is 2.70. The van der Waals surface area contributed by atoms with Gasteiger partial charge in [0.05, 0.1) is 0 Å². The lowest BCUT2D eigenvalue weighted by Gasteiger charge is -2.21. The van der Waals surface area contributed by atoms with Crippen LogP contribution in [0.15, 0.2) is 0 Å². The number of hydrogen-bond acceptors (Lipinski definition) is 2.